The van der Waals surface area contributed by atoms with Crippen molar-refractivity contribution < 1.29 is 9.47 Å². The average Bonchev–Trinajstić information content (AvgIpc) is 2.72. The van der Waals surface area contributed by atoms with Crippen molar-refractivity contribution in [1.29, 1.82) is 0 Å². The van der Waals surface area contributed by atoms with Crippen LogP contribution in [-0.4, -0.2) is 23.8 Å². The first-order valence-corrected chi connectivity index (χ1v) is 6.07. The summed E-state index contributed by atoms with van der Waals surface area (Å²) in [5.41, 5.74) is 8.57. The summed E-state index contributed by atoms with van der Waals surface area (Å²) in [5.74, 6) is 2.42. The Labute approximate surface area is 113 Å². The lowest BCUT2D eigenvalue weighted by molar-refractivity contribution is 0.404. The molecule has 5 nitrogen and oxygen atoms in total. The molecule has 0 aliphatic rings. The summed E-state index contributed by atoms with van der Waals surface area (Å²) in [7, 11) is 5.25. The van der Waals surface area contributed by atoms with Crippen molar-refractivity contribution in [2.45, 2.75) is 13.5 Å². The van der Waals surface area contributed by atoms with Crippen LogP contribution < -0.4 is 15.2 Å². The fourth-order valence-corrected chi connectivity index (χ4v) is 2.25. The maximum Gasteiger partial charge on any atom is 0.128 e. The van der Waals surface area contributed by atoms with Crippen molar-refractivity contribution in [3.63, 3.8) is 0 Å². The molecule has 102 valence electrons. The third-order valence-corrected chi connectivity index (χ3v) is 3.21. The van der Waals surface area contributed by atoms with Crippen LogP contribution in [0.4, 0.5) is 0 Å². The van der Waals surface area contributed by atoms with E-state index in [0.717, 1.165) is 34.3 Å². The first-order chi connectivity index (χ1) is 9.12. The minimum Gasteiger partial charge on any atom is -0.497 e. The summed E-state index contributed by atoms with van der Waals surface area (Å²) in [6.45, 7) is 2.37. The molecule has 1 aromatic heterocycles. The number of imidazole rings is 1. The summed E-state index contributed by atoms with van der Waals surface area (Å²) in [6, 6.07) is 5.71. The predicted molar refractivity (Wildman–Crippen MR) is 74.4 cm³/mol. The highest BCUT2D eigenvalue weighted by molar-refractivity contribution is 5.71. The molecular weight excluding hydrogens is 242 g/mol. The highest BCUT2D eigenvalue weighted by atomic mass is 16.5. The monoisotopic (exact) mass is 261 g/mol. The molecule has 0 fully saturated rings. The van der Waals surface area contributed by atoms with Crippen LogP contribution in [0.2, 0.25) is 0 Å². The number of nitrogens with zero attached hydrogens (tertiary/aromatic N) is 2. The van der Waals surface area contributed by atoms with E-state index in [9.17, 15) is 0 Å². The van der Waals surface area contributed by atoms with E-state index in [0.29, 0.717) is 6.54 Å². The Kier molecular flexibility index (Phi) is 3.76. The number of hydrogen-bond donors (Lipinski definition) is 1. The normalized spacial score (nSPS) is 10.6. The second-order valence-corrected chi connectivity index (χ2v) is 4.29. The topological polar surface area (TPSA) is 62.3 Å². The van der Waals surface area contributed by atoms with Gasteiger partial charge in [-0.1, -0.05) is 0 Å². The SMILES string of the molecule is COc1ccc(OC)c(-c2c(C)nc(CN)n2C)c1. The van der Waals surface area contributed by atoms with E-state index in [4.69, 9.17) is 15.2 Å². The predicted octanol–water partition coefficient (Wildman–Crippen LogP) is 1.87. The second kappa shape index (κ2) is 5.32. The lowest BCUT2D eigenvalue weighted by atomic mass is 10.1. The number of nitrogens with two attached hydrogens (primary N) is 1. The van der Waals surface area contributed by atoms with E-state index in [1.807, 2.05) is 36.7 Å². The van der Waals surface area contributed by atoms with Crippen LogP contribution in [0.5, 0.6) is 11.5 Å². The van der Waals surface area contributed by atoms with Gasteiger partial charge in [0.15, 0.2) is 0 Å². The molecule has 2 rings (SSSR count). The number of hydrogen-bond acceptors (Lipinski definition) is 4. The molecule has 2 N–H and O–H groups in total. The molecule has 2 aromatic rings. The van der Waals surface area contributed by atoms with Gasteiger partial charge < -0.3 is 19.8 Å². The standard InChI is InChI=1S/C14H19N3O2/c1-9-14(17(2)13(8-15)16-9)11-7-10(18-3)5-6-12(11)19-4/h5-7H,8,15H2,1-4H3. The number of methoxy groups -OCH3 is 2. The maximum atomic E-state index is 5.70. The summed E-state index contributed by atoms with van der Waals surface area (Å²) >= 11 is 0. The summed E-state index contributed by atoms with van der Waals surface area (Å²) in [4.78, 5) is 4.48. The summed E-state index contributed by atoms with van der Waals surface area (Å²) in [6.07, 6.45) is 0. The van der Waals surface area contributed by atoms with E-state index in [1.54, 1.807) is 14.2 Å². The van der Waals surface area contributed by atoms with Gasteiger partial charge in [-0.15, -0.1) is 0 Å². The van der Waals surface area contributed by atoms with Crippen molar-refractivity contribution in [1.82, 2.24) is 9.55 Å². The first kappa shape index (κ1) is 13.4. The molecule has 5 heteroatoms. The smallest absolute Gasteiger partial charge is 0.128 e. The number of aromatic nitrogens is 2. The molecular formula is C14H19N3O2. The molecule has 0 unspecified atom stereocenters. The van der Waals surface area contributed by atoms with Crippen molar-refractivity contribution >= 4 is 0 Å². The number of benzene rings is 1. The van der Waals surface area contributed by atoms with E-state index in [-0.39, 0.29) is 0 Å². The Balaban J connectivity index is 2.66. The van der Waals surface area contributed by atoms with E-state index in [2.05, 4.69) is 4.98 Å². The van der Waals surface area contributed by atoms with Crippen LogP contribution in [0, 0.1) is 6.92 Å². The Morgan fingerprint density at radius 3 is 2.53 bits per heavy atom. The van der Waals surface area contributed by atoms with Gasteiger partial charge in [-0.3, -0.25) is 0 Å². The molecule has 0 bridgehead atoms. The second-order valence-electron chi connectivity index (χ2n) is 4.29. The van der Waals surface area contributed by atoms with Crippen molar-refractivity contribution in [2.24, 2.45) is 12.8 Å². The number of rotatable bonds is 4. The molecule has 1 heterocycles. The molecule has 0 spiro atoms. The van der Waals surface area contributed by atoms with Gasteiger partial charge in [0.25, 0.3) is 0 Å². The van der Waals surface area contributed by atoms with Gasteiger partial charge in [-0.25, -0.2) is 4.98 Å². The quantitative estimate of drug-likeness (QED) is 0.912. The lowest BCUT2D eigenvalue weighted by Gasteiger charge is -2.12. The maximum absolute atomic E-state index is 5.70. The molecule has 0 radical (unpaired) electrons. The van der Waals surface area contributed by atoms with Crippen LogP contribution in [0.25, 0.3) is 11.3 Å². The van der Waals surface area contributed by atoms with Crippen LogP contribution >= 0.6 is 0 Å². The summed E-state index contributed by atoms with van der Waals surface area (Å²) in [5, 5.41) is 0. The Bertz CT molecular complexity index is 591. The Morgan fingerprint density at radius 1 is 1.26 bits per heavy atom. The minimum atomic E-state index is 0.406. The van der Waals surface area contributed by atoms with Crippen LogP contribution in [0.1, 0.15) is 11.5 Å². The molecule has 1 aromatic carbocycles. The molecule has 0 saturated carbocycles. The van der Waals surface area contributed by atoms with Crippen LogP contribution in [0.3, 0.4) is 0 Å². The fraction of sp³-hybridized carbons (Fsp3) is 0.357. The summed E-state index contributed by atoms with van der Waals surface area (Å²) < 4.78 is 12.7. The van der Waals surface area contributed by atoms with Gasteiger partial charge in [0, 0.05) is 12.6 Å². The molecule has 0 aliphatic heterocycles. The van der Waals surface area contributed by atoms with Gasteiger partial charge in [-0.2, -0.15) is 0 Å². The van der Waals surface area contributed by atoms with E-state index in [1.165, 1.54) is 0 Å². The van der Waals surface area contributed by atoms with Crippen molar-refractivity contribution in [3.05, 3.63) is 29.7 Å². The highest BCUT2D eigenvalue weighted by Crippen LogP contribution is 2.35. The zero-order valence-corrected chi connectivity index (χ0v) is 11.7. The van der Waals surface area contributed by atoms with Gasteiger partial charge in [-0.05, 0) is 25.1 Å². The van der Waals surface area contributed by atoms with Gasteiger partial charge in [0.05, 0.1) is 32.2 Å². The molecule has 0 saturated heterocycles. The van der Waals surface area contributed by atoms with Crippen LogP contribution in [0.15, 0.2) is 18.2 Å². The fourth-order valence-electron chi connectivity index (χ4n) is 2.25. The minimum absolute atomic E-state index is 0.406. The molecule has 0 amide bonds. The number of aryl methyl sites for hydroxylation is 1. The van der Waals surface area contributed by atoms with E-state index >= 15 is 0 Å². The molecule has 0 aliphatic carbocycles. The van der Waals surface area contributed by atoms with E-state index < -0.39 is 0 Å². The Morgan fingerprint density at radius 2 is 2.00 bits per heavy atom. The first-order valence-electron chi connectivity index (χ1n) is 6.07. The van der Waals surface area contributed by atoms with Gasteiger partial charge in [0.2, 0.25) is 0 Å². The molecule has 19 heavy (non-hydrogen) atoms. The zero-order valence-electron chi connectivity index (χ0n) is 11.7. The van der Waals surface area contributed by atoms with Gasteiger partial charge >= 0.3 is 0 Å². The van der Waals surface area contributed by atoms with Crippen LogP contribution in [-0.2, 0) is 13.6 Å². The zero-order chi connectivity index (χ0) is 14.0. The lowest BCUT2D eigenvalue weighted by Crippen LogP contribution is -2.05. The highest BCUT2D eigenvalue weighted by Gasteiger charge is 2.17. The largest absolute Gasteiger partial charge is 0.497 e. The average molecular weight is 261 g/mol. The number of ether oxygens (including phenoxy) is 2. The molecule has 0 atom stereocenters. The third-order valence-electron chi connectivity index (χ3n) is 3.21. The van der Waals surface area contributed by atoms with Crippen molar-refractivity contribution in [3.8, 4) is 22.8 Å². The van der Waals surface area contributed by atoms with Gasteiger partial charge in [0.1, 0.15) is 17.3 Å². The third kappa shape index (κ3) is 2.29. The Hall–Kier alpha value is -2.01. The van der Waals surface area contributed by atoms with Crippen molar-refractivity contribution in [2.75, 3.05) is 14.2 Å².